The van der Waals surface area contributed by atoms with E-state index in [1.165, 1.54) is 12.1 Å². The highest BCUT2D eigenvalue weighted by molar-refractivity contribution is 5.61. The Morgan fingerprint density at radius 2 is 1.72 bits per heavy atom. The van der Waals surface area contributed by atoms with E-state index in [0.717, 1.165) is 29.3 Å². The van der Waals surface area contributed by atoms with E-state index in [1.54, 1.807) is 18.2 Å². The number of halogens is 5. The standard InChI is InChI=1S/C21H16F5N3/c22-14-2-4-18(23)17(10-14)16-7-8-27-11-13-9-12(1-3-15(13)16)19-5-6-20(29-28-19)21(24,25)26/h1-6,9-10,16,27H,7-8,11H2. The van der Waals surface area contributed by atoms with E-state index in [1.807, 2.05) is 0 Å². The van der Waals surface area contributed by atoms with Gasteiger partial charge in [0.05, 0.1) is 5.69 Å². The summed E-state index contributed by atoms with van der Waals surface area (Å²) < 4.78 is 66.1. The average molecular weight is 405 g/mol. The second kappa shape index (κ2) is 7.51. The van der Waals surface area contributed by atoms with E-state index in [2.05, 4.69) is 15.5 Å². The van der Waals surface area contributed by atoms with Crippen molar-refractivity contribution in [3.05, 3.63) is 82.5 Å². The molecule has 0 spiro atoms. The minimum Gasteiger partial charge on any atom is -0.313 e. The first kappa shape index (κ1) is 19.4. The van der Waals surface area contributed by atoms with Gasteiger partial charge >= 0.3 is 6.18 Å². The molecule has 3 nitrogen and oxygen atoms in total. The molecule has 0 radical (unpaired) electrons. The van der Waals surface area contributed by atoms with Gasteiger partial charge in [-0.3, -0.25) is 0 Å². The number of alkyl halides is 3. The molecule has 1 aliphatic heterocycles. The molecule has 150 valence electrons. The normalized spacial score (nSPS) is 16.9. The summed E-state index contributed by atoms with van der Waals surface area (Å²) >= 11 is 0. The molecule has 29 heavy (non-hydrogen) atoms. The quantitative estimate of drug-likeness (QED) is 0.606. The molecule has 8 heteroatoms. The molecule has 1 N–H and O–H groups in total. The highest BCUT2D eigenvalue weighted by Crippen LogP contribution is 2.36. The molecule has 0 amide bonds. The van der Waals surface area contributed by atoms with Crippen LogP contribution in [0.25, 0.3) is 11.3 Å². The summed E-state index contributed by atoms with van der Waals surface area (Å²) in [6.07, 6.45) is -3.96. The van der Waals surface area contributed by atoms with Gasteiger partial charge in [0.2, 0.25) is 0 Å². The molecule has 0 saturated carbocycles. The van der Waals surface area contributed by atoms with Crippen molar-refractivity contribution in [3.8, 4) is 11.3 Å². The van der Waals surface area contributed by atoms with Crippen molar-refractivity contribution in [3.63, 3.8) is 0 Å². The minimum atomic E-state index is -4.55. The predicted octanol–water partition coefficient (Wildman–Crippen LogP) is 5.07. The molecule has 3 aromatic rings. The minimum absolute atomic E-state index is 0.289. The summed E-state index contributed by atoms with van der Waals surface area (Å²) in [5, 5.41) is 10.2. The Kier molecular flexibility index (Phi) is 5.04. The van der Waals surface area contributed by atoms with Crippen molar-refractivity contribution in [2.24, 2.45) is 0 Å². The smallest absolute Gasteiger partial charge is 0.313 e. The average Bonchev–Trinajstić information content (AvgIpc) is 2.91. The Bertz CT molecular complexity index is 1030. The second-order valence-corrected chi connectivity index (χ2v) is 6.90. The van der Waals surface area contributed by atoms with Crippen LogP contribution in [0.4, 0.5) is 22.0 Å². The summed E-state index contributed by atoms with van der Waals surface area (Å²) in [7, 11) is 0. The number of nitrogens with one attached hydrogen (secondary N) is 1. The molecule has 2 aromatic carbocycles. The van der Waals surface area contributed by atoms with Crippen LogP contribution in [0, 0.1) is 11.6 Å². The fourth-order valence-electron chi connectivity index (χ4n) is 3.63. The molecule has 0 aliphatic carbocycles. The van der Waals surface area contributed by atoms with Crippen LogP contribution in [-0.2, 0) is 12.7 Å². The zero-order chi connectivity index (χ0) is 20.6. The topological polar surface area (TPSA) is 37.8 Å². The summed E-state index contributed by atoms with van der Waals surface area (Å²) in [6, 6.07) is 10.9. The molecule has 4 rings (SSSR count). The lowest BCUT2D eigenvalue weighted by atomic mass is 9.85. The first-order chi connectivity index (χ1) is 13.8. The van der Waals surface area contributed by atoms with Gasteiger partial charge in [0.15, 0.2) is 5.69 Å². The molecule has 0 saturated heterocycles. The van der Waals surface area contributed by atoms with Gasteiger partial charge in [0, 0.05) is 18.0 Å². The maximum absolute atomic E-state index is 14.4. The van der Waals surface area contributed by atoms with Gasteiger partial charge in [-0.2, -0.15) is 13.2 Å². The lowest BCUT2D eigenvalue weighted by Gasteiger charge is -2.19. The van der Waals surface area contributed by atoms with E-state index >= 15 is 0 Å². The first-order valence-corrected chi connectivity index (χ1v) is 9.03. The van der Waals surface area contributed by atoms with E-state index < -0.39 is 23.5 Å². The van der Waals surface area contributed by atoms with Crippen molar-refractivity contribution < 1.29 is 22.0 Å². The molecule has 1 aliphatic rings. The molecular formula is C21H16F5N3. The van der Waals surface area contributed by atoms with Crippen LogP contribution in [0.5, 0.6) is 0 Å². The Balaban J connectivity index is 1.72. The van der Waals surface area contributed by atoms with Gasteiger partial charge in [-0.1, -0.05) is 12.1 Å². The molecular weight excluding hydrogens is 389 g/mol. The first-order valence-electron chi connectivity index (χ1n) is 9.03. The Morgan fingerprint density at radius 3 is 2.45 bits per heavy atom. The predicted molar refractivity (Wildman–Crippen MR) is 97.0 cm³/mol. The van der Waals surface area contributed by atoms with Crippen LogP contribution in [0.15, 0.2) is 48.5 Å². The van der Waals surface area contributed by atoms with Gasteiger partial charge in [-0.25, -0.2) is 8.78 Å². The third-order valence-electron chi connectivity index (χ3n) is 5.03. The second-order valence-electron chi connectivity index (χ2n) is 6.90. The monoisotopic (exact) mass is 405 g/mol. The Morgan fingerprint density at radius 1 is 0.897 bits per heavy atom. The Labute approximate surface area is 163 Å². The summed E-state index contributed by atoms with van der Waals surface area (Å²) in [5.74, 6) is -1.30. The number of hydrogen-bond donors (Lipinski definition) is 1. The van der Waals surface area contributed by atoms with Crippen LogP contribution in [0.3, 0.4) is 0 Å². The van der Waals surface area contributed by atoms with Crippen LogP contribution in [-0.4, -0.2) is 16.7 Å². The van der Waals surface area contributed by atoms with Gasteiger partial charge in [0.1, 0.15) is 11.6 Å². The van der Waals surface area contributed by atoms with Gasteiger partial charge in [-0.15, -0.1) is 10.2 Å². The van der Waals surface area contributed by atoms with Gasteiger partial charge < -0.3 is 5.32 Å². The fourth-order valence-corrected chi connectivity index (χ4v) is 3.63. The highest BCUT2D eigenvalue weighted by Gasteiger charge is 2.33. The van der Waals surface area contributed by atoms with Crippen molar-refractivity contribution in [1.82, 2.24) is 15.5 Å². The number of fused-ring (bicyclic) bond motifs is 1. The van der Waals surface area contributed by atoms with Crippen LogP contribution < -0.4 is 5.32 Å². The number of nitrogens with zero attached hydrogens (tertiary/aromatic N) is 2. The van der Waals surface area contributed by atoms with E-state index in [0.29, 0.717) is 30.8 Å². The SMILES string of the molecule is Fc1ccc(F)c(C2CCNCc3cc(-c4ccc(C(F)(F)F)nn4)ccc32)c1. The lowest BCUT2D eigenvalue weighted by Crippen LogP contribution is -2.13. The van der Waals surface area contributed by atoms with Crippen molar-refractivity contribution in [2.75, 3.05) is 6.54 Å². The number of benzene rings is 2. The summed E-state index contributed by atoms with van der Waals surface area (Å²) in [4.78, 5) is 0. The van der Waals surface area contributed by atoms with Gasteiger partial charge in [-0.05, 0) is 66.1 Å². The fraction of sp³-hybridized carbons (Fsp3) is 0.238. The van der Waals surface area contributed by atoms with Crippen molar-refractivity contribution in [2.45, 2.75) is 25.1 Å². The number of hydrogen-bond acceptors (Lipinski definition) is 3. The Hall–Kier alpha value is -2.87. The summed E-state index contributed by atoms with van der Waals surface area (Å²) in [6.45, 7) is 1.12. The van der Waals surface area contributed by atoms with Crippen LogP contribution >= 0.6 is 0 Å². The number of aromatic nitrogens is 2. The molecule has 0 bridgehead atoms. The maximum atomic E-state index is 14.4. The third-order valence-corrected chi connectivity index (χ3v) is 5.03. The molecule has 1 unspecified atom stereocenters. The van der Waals surface area contributed by atoms with Crippen LogP contribution in [0.2, 0.25) is 0 Å². The molecule has 0 fully saturated rings. The number of rotatable bonds is 2. The molecule has 1 atom stereocenters. The van der Waals surface area contributed by atoms with Gasteiger partial charge in [0.25, 0.3) is 0 Å². The molecule has 2 heterocycles. The highest BCUT2D eigenvalue weighted by atomic mass is 19.4. The zero-order valence-electron chi connectivity index (χ0n) is 15.1. The zero-order valence-corrected chi connectivity index (χ0v) is 15.1. The van der Waals surface area contributed by atoms with E-state index in [9.17, 15) is 22.0 Å². The largest absolute Gasteiger partial charge is 0.435 e. The third kappa shape index (κ3) is 3.98. The maximum Gasteiger partial charge on any atom is 0.435 e. The molecule has 1 aromatic heterocycles. The van der Waals surface area contributed by atoms with E-state index in [-0.39, 0.29) is 11.5 Å². The van der Waals surface area contributed by atoms with Crippen molar-refractivity contribution >= 4 is 0 Å². The summed E-state index contributed by atoms with van der Waals surface area (Å²) in [5.41, 5.74) is 1.85. The van der Waals surface area contributed by atoms with Crippen LogP contribution in [0.1, 0.15) is 34.7 Å². The lowest BCUT2D eigenvalue weighted by molar-refractivity contribution is -0.141. The van der Waals surface area contributed by atoms with E-state index in [4.69, 9.17) is 0 Å². The van der Waals surface area contributed by atoms with Crippen molar-refractivity contribution in [1.29, 1.82) is 0 Å².